The minimum Gasteiger partial charge on any atom is -0.150 e. The van der Waals surface area contributed by atoms with Gasteiger partial charge in [-0.3, -0.25) is 0 Å². The third kappa shape index (κ3) is 2.70. The van der Waals surface area contributed by atoms with E-state index >= 15 is 0 Å². The topological polar surface area (TPSA) is 0 Å². The van der Waals surface area contributed by atoms with Crippen LogP contribution in [0.1, 0.15) is 13.3 Å². The molecule has 58 valence electrons. The Morgan fingerprint density at radius 2 is 1.91 bits per heavy atom. The molecule has 11 heavy (non-hydrogen) atoms. The summed E-state index contributed by atoms with van der Waals surface area (Å²) in [4.78, 5) is 0. The summed E-state index contributed by atoms with van der Waals surface area (Å²) in [5.41, 5.74) is 1.92. The highest BCUT2D eigenvalue weighted by Crippen LogP contribution is 2.04. The highest BCUT2D eigenvalue weighted by molar-refractivity contribution is 9.25. The Morgan fingerprint density at radius 3 is 2.45 bits per heavy atom. The van der Waals surface area contributed by atoms with Crippen molar-refractivity contribution in [1.82, 2.24) is 0 Å². The van der Waals surface area contributed by atoms with Crippen molar-refractivity contribution in [3.05, 3.63) is 30.3 Å². The van der Waals surface area contributed by atoms with E-state index in [1.807, 2.05) is 0 Å². The van der Waals surface area contributed by atoms with Gasteiger partial charge in [-0.05, 0) is 0 Å². The van der Waals surface area contributed by atoms with Crippen LogP contribution in [-0.4, -0.2) is 5.54 Å². The Hall–Kier alpha value is -0.235. The van der Waals surface area contributed by atoms with Crippen LogP contribution in [0, 0.1) is 0 Å². The van der Waals surface area contributed by atoms with E-state index in [0.717, 1.165) is 0 Å². The number of benzene rings is 1. The Bertz CT molecular complexity index is 198. The zero-order valence-electron chi connectivity index (χ0n) is 6.76. The van der Waals surface area contributed by atoms with Crippen molar-refractivity contribution in [3.8, 4) is 0 Å². The summed E-state index contributed by atoms with van der Waals surface area (Å²) in [5, 5.41) is 0. The summed E-state index contributed by atoms with van der Waals surface area (Å²) in [6.45, 7) is 2.21. The molecule has 0 nitrogen and oxygen atoms in total. The van der Waals surface area contributed by atoms with Crippen molar-refractivity contribution in [2.45, 2.75) is 19.7 Å². The number of hydrogen-bond acceptors (Lipinski definition) is 0. The summed E-state index contributed by atoms with van der Waals surface area (Å²) in [7, 11) is 0. The lowest BCUT2D eigenvalue weighted by molar-refractivity contribution is 1.08. The van der Waals surface area contributed by atoms with Crippen LogP contribution >= 0.6 is 15.8 Å². The van der Waals surface area contributed by atoms with Crippen molar-refractivity contribution in [2.24, 2.45) is 0 Å². The zero-order chi connectivity index (χ0) is 8.10. The molecule has 1 rings (SSSR count). The van der Waals surface area contributed by atoms with E-state index in [2.05, 4.69) is 53.0 Å². The van der Waals surface area contributed by atoms with Gasteiger partial charge in [0.2, 0.25) is 0 Å². The Labute approximate surface area is 77.1 Å². The summed E-state index contributed by atoms with van der Waals surface area (Å²) in [6, 6.07) is 10.5. The van der Waals surface area contributed by atoms with Gasteiger partial charge in [-0.25, -0.2) is 0 Å². The van der Waals surface area contributed by atoms with E-state index in [-0.39, 0.29) is 0 Å². The van der Waals surface area contributed by atoms with Gasteiger partial charge >= 0.3 is 0 Å². The lowest BCUT2D eigenvalue weighted by Crippen LogP contribution is -2.22. The molecular weight excluding hydrogens is 199 g/mol. The van der Waals surface area contributed by atoms with Crippen LogP contribution in [-0.2, 0) is 0 Å². The van der Waals surface area contributed by atoms with Gasteiger partial charge < -0.3 is 0 Å². The molecule has 0 fully saturated rings. The van der Waals surface area contributed by atoms with Crippen molar-refractivity contribution in [2.75, 3.05) is 0 Å². The van der Waals surface area contributed by atoms with Crippen molar-refractivity contribution in [1.29, 1.82) is 0 Å². The maximum atomic E-state index is 3.65. The first-order chi connectivity index (χ1) is 5.34. The molecule has 0 atom stereocenters. The molecule has 0 saturated carbocycles. The molecule has 2 heteroatoms. The second-order valence-electron chi connectivity index (χ2n) is 2.67. The van der Waals surface area contributed by atoms with Gasteiger partial charge in [0.05, 0.1) is 0 Å². The fraction of sp³-hybridized carbons (Fsp3) is 0.333. The number of rotatable bonds is 3. The SMILES string of the molecule is CCCB(Br)c1ccccc1. The lowest BCUT2D eigenvalue weighted by atomic mass is 9.66. The van der Waals surface area contributed by atoms with E-state index < -0.39 is 0 Å². The molecule has 1 aromatic rings. The minimum atomic E-state index is 0.536. The summed E-state index contributed by atoms with van der Waals surface area (Å²) in [5.74, 6) is 0. The first kappa shape index (κ1) is 8.86. The quantitative estimate of drug-likeness (QED) is 0.674. The maximum Gasteiger partial charge on any atom is 0.255 e. The van der Waals surface area contributed by atoms with Crippen LogP contribution < -0.4 is 5.46 Å². The Morgan fingerprint density at radius 1 is 1.27 bits per heavy atom. The third-order valence-electron chi connectivity index (χ3n) is 1.70. The summed E-state index contributed by atoms with van der Waals surface area (Å²) >= 11 is 3.65. The maximum absolute atomic E-state index is 3.65. The van der Waals surface area contributed by atoms with Crippen molar-refractivity contribution < 1.29 is 0 Å². The molecule has 0 aliphatic carbocycles. The highest BCUT2D eigenvalue weighted by atomic mass is 79.9. The van der Waals surface area contributed by atoms with Gasteiger partial charge in [-0.15, -0.1) is 15.8 Å². The van der Waals surface area contributed by atoms with Crippen LogP contribution in [0.2, 0.25) is 6.32 Å². The Kier molecular flexibility index (Phi) is 3.71. The standard InChI is InChI=1S/C9H12BBr/c1-2-8-10(11)9-6-4-3-5-7-9/h3-7H,2,8H2,1H3. The number of hydrogen-bond donors (Lipinski definition) is 0. The predicted octanol–water partition coefficient (Wildman–Crippen LogP) is 2.69. The molecule has 0 bridgehead atoms. The first-order valence-corrected chi connectivity index (χ1v) is 4.95. The van der Waals surface area contributed by atoms with Gasteiger partial charge in [0.15, 0.2) is 0 Å². The van der Waals surface area contributed by atoms with Gasteiger partial charge in [-0.2, -0.15) is 0 Å². The molecule has 0 saturated heterocycles. The molecule has 0 heterocycles. The van der Waals surface area contributed by atoms with Gasteiger partial charge in [0.25, 0.3) is 5.54 Å². The van der Waals surface area contributed by atoms with Crippen LogP contribution in [0.3, 0.4) is 0 Å². The monoisotopic (exact) mass is 210 g/mol. The highest BCUT2D eigenvalue weighted by Gasteiger charge is 2.09. The molecule has 0 aromatic heterocycles. The Balaban J connectivity index is 2.61. The van der Waals surface area contributed by atoms with E-state index in [4.69, 9.17) is 0 Å². The predicted molar refractivity (Wildman–Crippen MR) is 55.9 cm³/mol. The molecule has 0 N–H and O–H groups in total. The van der Waals surface area contributed by atoms with Crippen molar-refractivity contribution in [3.63, 3.8) is 0 Å². The third-order valence-corrected chi connectivity index (χ3v) is 2.69. The lowest BCUT2D eigenvalue weighted by Gasteiger charge is -2.03. The molecule has 0 unspecified atom stereocenters. The van der Waals surface area contributed by atoms with Crippen LogP contribution in [0.15, 0.2) is 30.3 Å². The largest absolute Gasteiger partial charge is 0.255 e. The molecule has 0 aliphatic heterocycles. The van der Waals surface area contributed by atoms with E-state index in [0.29, 0.717) is 5.54 Å². The molecule has 0 spiro atoms. The average molecular weight is 211 g/mol. The fourth-order valence-electron chi connectivity index (χ4n) is 1.08. The zero-order valence-corrected chi connectivity index (χ0v) is 8.34. The van der Waals surface area contributed by atoms with Gasteiger partial charge in [0, 0.05) is 0 Å². The molecule has 0 amide bonds. The van der Waals surface area contributed by atoms with E-state index in [1.165, 1.54) is 18.2 Å². The average Bonchev–Trinajstić information content (AvgIpc) is 2.07. The van der Waals surface area contributed by atoms with Crippen LogP contribution in [0.5, 0.6) is 0 Å². The first-order valence-electron chi connectivity index (χ1n) is 4.03. The second-order valence-corrected chi connectivity index (χ2v) is 3.77. The molecule has 0 aliphatic rings. The molecule has 1 aromatic carbocycles. The second kappa shape index (κ2) is 4.60. The van der Waals surface area contributed by atoms with Crippen LogP contribution in [0.4, 0.5) is 0 Å². The molecule has 0 radical (unpaired) electrons. The summed E-state index contributed by atoms with van der Waals surface area (Å²) < 4.78 is 0. The van der Waals surface area contributed by atoms with Crippen molar-refractivity contribution >= 4 is 26.8 Å². The number of halogens is 1. The minimum absolute atomic E-state index is 0.536. The summed E-state index contributed by atoms with van der Waals surface area (Å²) in [6.07, 6.45) is 2.44. The van der Waals surface area contributed by atoms with Gasteiger partial charge in [-0.1, -0.05) is 55.5 Å². The van der Waals surface area contributed by atoms with Crippen LogP contribution in [0.25, 0.3) is 0 Å². The fourth-order valence-corrected chi connectivity index (χ4v) is 1.85. The smallest absolute Gasteiger partial charge is 0.150 e. The normalized spacial score (nSPS) is 9.64. The molecular formula is C9H12BBr. The van der Waals surface area contributed by atoms with E-state index in [9.17, 15) is 0 Å². The van der Waals surface area contributed by atoms with Gasteiger partial charge in [0.1, 0.15) is 0 Å². The van der Waals surface area contributed by atoms with E-state index in [1.54, 1.807) is 0 Å².